The van der Waals surface area contributed by atoms with Crippen LogP contribution in [0.3, 0.4) is 0 Å². The number of hydrogen-bond acceptors (Lipinski definition) is 5. The molecule has 2 aromatic carbocycles. The average Bonchev–Trinajstić information content (AvgIpc) is 3.11. The van der Waals surface area contributed by atoms with Gasteiger partial charge in [-0.1, -0.05) is 40.2 Å². The van der Waals surface area contributed by atoms with Crippen LogP contribution < -0.4 is 9.50 Å². The van der Waals surface area contributed by atoms with Crippen LogP contribution in [-0.4, -0.2) is 14.3 Å². The molecule has 0 bridgehead atoms. The summed E-state index contributed by atoms with van der Waals surface area (Å²) in [5, 5.41) is 2.63. The van der Waals surface area contributed by atoms with Crippen molar-refractivity contribution in [2.75, 3.05) is 0 Å². The van der Waals surface area contributed by atoms with Crippen LogP contribution in [-0.2, 0) is 21.5 Å². The van der Waals surface area contributed by atoms with Crippen molar-refractivity contribution in [2.45, 2.75) is 17.7 Å². The molecule has 1 amide bonds. The molecule has 5 nitrogen and oxygen atoms in total. The normalized spacial score (nSPS) is 11.2. The van der Waals surface area contributed by atoms with Gasteiger partial charge in [0.15, 0.2) is 4.21 Å². The number of rotatable bonds is 6. The van der Waals surface area contributed by atoms with Crippen molar-refractivity contribution in [3.8, 4) is 16.9 Å². The molecule has 1 heterocycles. The number of nitrogens with one attached hydrogen (secondary N) is 1. The molecule has 27 heavy (non-hydrogen) atoms. The largest absolute Gasteiger partial charge is 0.378 e. The van der Waals surface area contributed by atoms with E-state index in [4.69, 9.17) is 4.18 Å². The molecule has 0 atom stereocenters. The average molecular weight is 466 g/mol. The van der Waals surface area contributed by atoms with Crippen LogP contribution in [0.15, 0.2) is 69.3 Å². The second kappa shape index (κ2) is 8.24. The van der Waals surface area contributed by atoms with Gasteiger partial charge in [-0.25, -0.2) is 0 Å². The molecule has 3 aromatic rings. The number of amides is 1. The quantitative estimate of drug-likeness (QED) is 0.540. The van der Waals surface area contributed by atoms with Crippen molar-refractivity contribution in [3.63, 3.8) is 0 Å². The van der Waals surface area contributed by atoms with E-state index in [-0.39, 0.29) is 22.4 Å². The zero-order valence-corrected chi connectivity index (χ0v) is 17.5. The second-order valence-corrected chi connectivity index (χ2v) is 9.56. The summed E-state index contributed by atoms with van der Waals surface area (Å²) in [6, 6.07) is 17.8. The van der Waals surface area contributed by atoms with Crippen molar-refractivity contribution >= 4 is 43.3 Å². The number of thiophene rings is 1. The highest BCUT2D eigenvalue weighted by Gasteiger charge is 2.19. The van der Waals surface area contributed by atoms with Crippen LogP contribution in [0.5, 0.6) is 5.75 Å². The second-order valence-electron chi connectivity index (χ2n) is 5.70. The third kappa shape index (κ3) is 5.18. The fraction of sp³-hybridized carbons (Fsp3) is 0.105. The number of benzene rings is 2. The van der Waals surface area contributed by atoms with Gasteiger partial charge in [-0.2, -0.15) is 8.42 Å². The van der Waals surface area contributed by atoms with Crippen molar-refractivity contribution in [2.24, 2.45) is 0 Å². The maximum Gasteiger partial charge on any atom is 0.348 e. The Morgan fingerprint density at radius 1 is 1.00 bits per heavy atom. The lowest BCUT2D eigenvalue weighted by atomic mass is 10.1. The van der Waals surface area contributed by atoms with Gasteiger partial charge in [-0.15, -0.1) is 11.3 Å². The predicted octanol–water partition coefficient (Wildman–Crippen LogP) is 4.58. The van der Waals surface area contributed by atoms with Gasteiger partial charge in [-0.05, 0) is 47.5 Å². The number of halogens is 1. The van der Waals surface area contributed by atoms with Crippen LogP contribution in [0, 0.1) is 0 Å². The highest BCUT2D eigenvalue weighted by atomic mass is 79.9. The minimum absolute atomic E-state index is 0.0971. The summed E-state index contributed by atoms with van der Waals surface area (Å²) in [4.78, 5) is 11.7. The molecule has 0 saturated heterocycles. The van der Waals surface area contributed by atoms with Crippen LogP contribution in [0.1, 0.15) is 11.8 Å². The molecule has 1 aromatic heterocycles. The molecule has 0 unspecified atom stereocenters. The lowest BCUT2D eigenvalue weighted by molar-refractivity contribution is -0.119. The molecule has 3 rings (SSSR count). The highest BCUT2D eigenvalue weighted by molar-refractivity contribution is 9.10. The standard InChI is InChI=1S/C19H16BrNO4S2/c1-13(22)21-12-18-10-11-19(26-18)27(23,24)25-17-8-4-15(5-9-17)14-2-6-16(20)7-3-14/h2-11H,12H2,1H3,(H,21,22). The first-order chi connectivity index (χ1) is 12.8. The Hall–Kier alpha value is -2.16. The van der Waals surface area contributed by atoms with E-state index >= 15 is 0 Å². The molecule has 0 aliphatic rings. The van der Waals surface area contributed by atoms with Gasteiger partial charge in [-0.3, -0.25) is 4.79 Å². The Bertz CT molecular complexity index is 1040. The Balaban J connectivity index is 1.72. The van der Waals surface area contributed by atoms with E-state index in [9.17, 15) is 13.2 Å². The Morgan fingerprint density at radius 2 is 1.59 bits per heavy atom. The van der Waals surface area contributed by atoms with Crippen LogP contribution in [0.4, 0.5) is 0 Å². The topological polar surface area (TPSA) is 72.5 Å². The fourth-order valence-corrected chi connectivity index (χ4v) is 4.76. The zero-order valence-electron chi connectivity index (χ0n) is 14.3. The van der Waals surface area contributed by atoms with Gasteiger partial charge in [0.2, 0.25) is 5.91 Å². The monoisotopic (exact) mass is 465 g/mol. The molecule has 0 spiro atoms. The van der Waals surface area contributed by atoms with E-state index in [1.807, 2.05) is 36.4 Å². The van der Waals surface area contributed by atoms with Crippen LogP contribution in [0.2, 0.25) is 0 Å². The summed E-state index contributed by atoms with van der Waals surface area (Å²) < 4.78 is 31.2. The maximum absolute atomic E-state index is 12.4. The van der Waals surface area contributed by atoms with Gasteiger partial charge in [0.05, 0.1) is 6.54 Å². The van der Waals surface area contributed by atoms with Crippen molar-refractivity contribution in [1.82, 2.24) is 5.32 Å². The Labute approximate surface area is 170 Å². The molecule has 140 valence electrons. The molecule has 1 N–H and O–H groups in total. The van der Waals surface area contributed by atoms with E-state index in [1.165, 1.54) is 13.0 Å². The highest BCUT2D eigenvalue weighted by Crippen LogP contribution is 2.28. The molecule has 8 heteroatoms. The van der Waals surface area contributed by atoms with Crippen molar-refractivity contribution in [3.05, 3.63) is 70.0 Å². The zero-order chi connectivity index (χ0) is 19.4. The molecule has 0 saturated carbocycles. The van der Waals surface area contributed by atoms with Crippen molar-refractivity contribution in [1.29, 1.82) is 0 Å². The number of carbonyl (C=O) groups excluding carboxylic acids is 1. The first-order valence-electron chi connectivity index (χ1n) is 7.97. The van der Waals surface area contributed by atoms with Gasteiger partial charge in [0, 0.05) is 16.3 Å². The van der Waals surface area contributed by atoms with Gasteiger partial charge in [0.25, 0.3) is 0 Å². The molecular formula is C19H16BrNO4S2. The number of carbonyl (C=O) groups is 1. The lowest BCUT2D eigenvalue weighted by Crippen LogP contribution is -2.18. The summed E-state index contributed by atoms with van der Waals surface area (Å²) in [6.45, 7) is 1.70. The Kier molecular flexibility index (Phi) is 5.98. The summed E-state index contributed by atoms with van der Waals surface area (Å²) in [7, 11) is -3.91. The van der Waals surface area contributed by atoms with Crippen molar-refractivity contribution < 1.29 is 17.4 Å². The predicted molar refractivity (Wildman–Crippen MR) is 109 cm³/mol. The van der Waals surface area contributed by atoms with E-state index in [2.05, 4.69) is 21.2 Å². The summed E-state index contributed by atoms with van der Waals surface area (Å²) in [5.41, 5.74) is 1.98. The minimum Gasteiger partial charge on any atom is -0.378 e. The third-order valence-electron chi connectivity index (χ3n) is 3.63. The first-order valence-corrected chi connectivity index (χ1v) is 11.0. The molecular weight excluding hydrogens is 450 g/mol. The smallest absolute Gasteiger partial charge is 0.348 e. The van der Waals surface area contributed by atoms with Gasteiger partial charge >= 0.3 is 10.1 Å². The molecule has 0 aliphatic heterocycles. The van der Waals surface area contributed by atoms with E-state index in [1.54, 1.807) is 18.2 Å². The number of hydrogen-bond donors (Lipinski definition) is 1. The van der Waals surface area contributed by atoms with Crippen LogP contribution in [0.25, 0.3) is 11.1 Å². The summed E-state index contributed by atoms with van der Waals surface area (Å²) in [6.07, 6.45) is 0. The first kappa shape index (κ1) is 19.6. The lowest BCUT2D eigenvalue weighted by Gasteiger charge is -2.07. The third-order valence-corrected chi connectivity index (χ3v) is 6.94. The molecule has 0 aliphatic carbocycles. The van der Waals surface area contributed by atoms with Crippen LogP contribution >= 0.6 is 27.3 Å². The van der Waals surface area contributed by atoms with E-state index < -0.39 is 10.1 Å². The molecule has 0 radical (unpaired) electrons. The summed E-state index contributed by atoms with van der Waals surface area (Å²) >= 11 is 4.47. The van der Waals surface area contributed by atoms with E-state index in [0.29, 0.717) is 0 Å². The summed E-state index contributed by atoms with van der Waals surface area (Å²) in [5.74, 6) is 0.0718. The molecule has 0 fully saturated rings. The SMILES string of the molecule is CC(=O)NCc1ccc(S(=O)(=O)Oc2ccc(-c3ccc(Br)cc3)cc2)s1. The maximum atomic E-state index is 12.4. The van der Waals surface area contributed by atoms with Gasteiger partial charge in [0.1, 0.15) is 5.75 Å². The Morgan fingerprint density at radius 3 is 2.19 bits per heavy atom. The minimum atomic E-state index is -3.91. The van der Waals surface area contributed by atoms with Gasteiger partial charge < -0.3 is 9.50 Å². The fourth-order valence-electron chi connectivity index (χ4n) is 2.31. The van der Waals surface area contributed by atoms with E-state index in [0.717, 1.165) is 31.8 Å².